The van der Waals surface area contributed by atoms with Crippen molar-refractivity contribution in [1.82, 2.24) is 4.98 Å². The summed E-state index contributed by atoms with van der Waals surface area (Å²) in [6.45, 7) is 3.91. The van der Waals surface area contributed by atoms with Crippen LogP contribution in [0.3, 0.4) is 0 Å². The first-order chi connectivity index (χ1) is 10.0. The number of fused-ring (bicyclic) bond motifs is 1. The Morgan fingerprint density at radius 2 is 2.05 bits per heavy atom. The fraction of sp³-hybridized carbons (Fsp3) is 0.294. The number of aryl methyl sites for hydroxylation is 4. The van der Waals surface area contributed by atoms with Crippen molar-refractivity contribution in [2.45, 2.75) is 33.1 Å². The van der Waals surface area contributed by atoms with Crippen molar-refractivity contribution in [3.05, 3.63) is 52.2 Å². The van der Waals surface area contributed by atoms with E-state index in [1.54, 1.807) is 6.07 Å². The summed E-state index contributed by atoms with van der Waals surface area (Å²) in [5, 5.41) is 9.38. The van der Waals surface area contributed by atoms with Crippen molar-refractivity contribution in [3.63, 3.8) is 0 Å². The van der Waals surface area contributed by atoms with Gasteiger partial charge in [-0.1, -0.05) is 12.1 Å². The summed E-state index contributed by atoms with van der Waals surface area (Å²) in [6, 6.07) is 7.56. The zero-order valence-electron chi connectivity index (χ0n) is 12.1. The van der Waals surface area contributed by atoms with Crippen LogP contribution in [-0.4, -0.2) is 16.1 Å². The Labute approximate surface area is 123 Å². The van der Waals surface area contributed by atoms with Crippen molar-refractivity contribution >= 4 is 5.97 Å². The van der Waals surface area contributed by atoms with Crippen LogP contribution in [0.4, 0.5) is 0 Å². The molecule has 3 rings (SSSR count). The third-order valence-electron chi connectivity index (χ3n) is 3.80. The van der Waals surface area contributed by atoms with Gasteiger partial charge < -0.3 is 9.84 Å². The Kier molecular flexibility index (Phi) is 3.37. The molecule has 4 heteroatoms. The maximum Gasteiger partial charge on any atom is 0.341 e. The van der Waals surface area contributed by atoms with Crippen molar-refractivity contribution in [2.24, 2.45) is 0 Å². The first kappa shape index (κ1) is 13.6. The van der Waals surface area contributed by atoms with E-state index in [1.165, 1.54) is 0 Å². The van der Waals surface area contributed by atoms with Crippen LogP contribution in [0.15, 0.2) is 24.3 Å². The van der Waals surface area contributed by atoms with Crippen LogP contribution in [0, 0.1) is 13.8 Å². The second-order valence-corrected chi connectivity index (χ2v) is 5.48. The summed E-state index contributed by atoms with van der Waals surface area (Å²) in [6.07, 6.45) is 2.80. The van der Waals surface area contributed by atoms with Gasteiger partial charge in [0.15, 0.2) is 0 Å². The number of aromatic nitrogens is 1. The molecule has 1 N–H and O–H groups in total. The first-order valence-electron chi connectivity index (χ1n) is 7.06. The third-order valence-corrected chi connectivity index (χ3v) is 3.80. The fourth-order valence-electron chi connectivity index (χ4n) is 2.61. The number of rotatable bonds is 3. The Morgan fingerprint density at radius 3 is 2.81 bits per heavy atom. The minimum absolute atomic E-state index is 0.136. The second-order valence-electron chi connectivity index (χ2n) is 5.48. The van der Waals surface area contributed by atoms with Crippen molar-refractivity contribution < 1.29 is 14.6 Å². The lowest BCUT2D eigenvalue weighted by atomic mass is 10.1. The Balaban J connectivity index is 2.05. The molecule has 0 saturated heterocycles. The molecule has 2 aromatic rings. The van der Waals surface area contributed by atoms with Crippen LogP contribution in [0.2, 0.25) is 0 Å². The van der Waals surface area contributed by atoms with Crippen molar-refractivity contribution in [3.8, 4) is 11.6 Å². The molecule has 0 aliphatic heterocycles. The lowest BCUT2D eigenvalue weighted by Gasteiger charge is -2.12. The predicted octanol–water partition coefficient (Wildman–Crippen LogP) is 3.68. The van der Waals surface area contributed by atoms with Crippen LogP contribution in [-0.2, 0) is 12.8 Å². The van der Waals surface area contributed by atoms with E-state index in [0.29, 0.717) is 5.75 Å². The zero-order chi connectivity index (χ0) is 15.0. The SMILES string of the molecule is Cc1ccc(C)c(Oc2nc3c(cc2C(=O)O)CCC3)c1. The number of pyridine rings is 1. The van der Waals surface area contributed by atoms with Gasteiger partial charge in [0.1, 0.15) is 11.3 Å². The standard InChI is InChI=1S/C17H17NO3/c1-10-6-7-11(2)15(8-10)21-16-13(17(19)20)9-12-4-3-5-14(12)18-16/h6-9H,3-5H2,1-2H3,(H,19,20). The highest BCUT2D eigenvalue weighted by molar-refractivity contribution is 5.90. The van der Waals surface area contributed by atoms with Gasteiger partial charge >= 0.3 is 5.97 Å². The maximum absolute atomic E-state index is 11.4. The molecule has 0 atom stereocenters. The quantitative estimate of drug-likeness (QED) is 0.933. The minimum atomic E-state index is -1.00. The molecule has 108 valence electrons. The highest BCUT2D eigenvalue weighted by Crippen LogP contribution is 2.31. The fourth-order valence-corrected chi connectivity index (χ4v) is 2.61. The number of carboxylic acids is 1. The normalized spacial score (nSPS) is 13.0. The Bertz CT molecular complexity index is 722. The molecule has 0 saturated carbocycles. The third kappa shape index (κ3) is 2.61. The molecule has 0 unspecified atom stereocenters. The summed E-state index contributed by atoms with van der Waals surface area (Å²) in [7, 11) is 0. The number of carboxylic acid groups (broad SMARTS) is 1. The summed E-state index contributed by atoms with van der Waals surface area (Å²) >= 11 is 0. The van der Waals surface area contributed by atoms with Gasteiger partial charge in [0.05, 0.1) is 0 Å². The Hall–Kier alpha value is -2.36. The van der Waals surface area contributed by atoms with Gasteiger partial charge in [-0.2, -0.15) is 0 Å². The number of carbonyl (C=O) groups is 1. The number of benzene rings is 1. The topological polar surface area (TPSA) is 59.4 Å². The molecule has 1 heterocycles. The Morgan fingerprint density at radius 1 is 1.24 bits per heavy atom. The largest absolute Gasteiger partial charge is 0.477 e. The van der Waals surface area contributed by atoms with Gasteiger partial charge in [0.2, 0.25) is 5.88 Å². The van der Waals surface area contributed by atoms with E-state index in [9.17, 15) is 9.90 Å². The van der Waals surface area contributed by atoms with E-state index in [4.69, 9.17) is 4.74 Å². The van der Waals surface area contributed by atoms with Gasteiger partial charge in [-0.15, -0.1) is 0 Å². The molecule has 1 aliphatic carbocycles. The lowest BCUT2D eigenvalue weighted by molar-refractivity contribution is 0.0693. The average molecular weight is 283 g/mol. The van der Waals surface area contributed by atoms with E-state index in [-0.39, 0.29) is 11.4 Å². The van der Waals surface area contributed by atoms with Crippen LogP contribution in [0.1, 0.15) is 39.2 Å². The number of hydrogen-bond acceptors (Lipinski definition) is 3. The molecule has 0 radical (unpaired) electrons. The van der Waals surface area contributed by atoms with Crippen LogP contribution >= 0.6 is 0 Å². The van der Waals surface area contributed by atoms with Gasteiger partial charge in [-0.05, 0) is 61.9 Å². The first-order valence-corrected chi connectivity index (χ1v) is 7.06. The summed E-state index contributed by atoms with van der Waals surface area (Å²) in [5.41, 5.74) is 4.14. The van der Waals surface area contributed by atoms with Gasteiger partial charge in [0.25, 0.3) is 0 Å². The summed E-state index contributed by atoms with van der Waals surface area (Å²) in [5.74, 6) is -0.155. The minimum Gasteiger partial charge on any atom is -0.477 e. The molecule has 1 aliphatic rings. The molecule has 21 heavy (non-hydrogen) atoms. The maximum atomic E-state index is 11.4. The molecule has 0 fully saturated rings. The monoisotopic (exact) mass is 283 g/mol. The summed E-state index contributed by atoms with van der Waals surface area (Å²) in [4.78, 5) is 15.9. The van der Waals surface area contributed by atoms with Crippen LogP contribution in [0.5, 0.6) is 11.6 Å². The molecule has 1 aromatic heterocycles. The van der Waals surface area contributed by atoms with E-state index in [2.05, 4.69) is 4.98 Å². The highest BCUT2D eigenvalue weighted by atomic mass is 16.5. The highest BCUT2D eigenvalue weighted by Gasteiger charge is 2.21. The predicted molar refractivity (Wildman–Crippen MR) is 79.2 cm³/mol. The van der Waals surface area contributed by atoms with Crippen molar-refractivity contribution in [1.29, 1.82) is 0 Å². The molecular weight excluding hydrogens is 266 g/mol. The molecule has 0 amide bonds. The molecule has 4 nitrogen and oxygen atoms in total. The van der Waals surface area contributed by atoms with Gasteiger partial charge in [-0.25, -0.2) is 9.78 Å². The molecule has 0 bridgehead atoms. The molecular formula is C17H17NO3. The average Bonchev–Trinajstić information content (AvgIpc) is 2.89. The number of hydrogen-bond donors (Lipinski definition) is 1. The zero-order valence-corrected chi connectivity index (χ0v) is 12.1. The number of aromatic carboxylic acids is 1. The molecule has 1 aromatic carbocycles. The van der Waals surface area contributed by atoms with Gasteiger partial charge in [-0.3, -0.25) is 0 Å². The number of nitrogens with zero attached hydrogens (tertiary/aromatic N) is 1. The molecule has 0 spiro atoms. The van der Waals surface area contributed by atoms with E-state index in [0.717, 1.165) is 41.6 Å². The smallest absolute Gasteiger partial charge is 0.341 e. The summed E-state index contributed by atoms with van der Waals surface area (Å²) < 4.78 is 5.82. The van der Waals surface area contributed by atoms with Crippen LogP contribution < -0.4 is 4.74 Å². The number of ether oxygens (including phenoxy) is 1. The van der Waals surface area contributed by atoms with E-state index in [1.807, 2.05) is 32.0 Å². The van der Waals surface area contributed by atoms with Gasteiger partial charge in [0, 0.05) is 5.69 Å². The second kappa shape index (κ2) is 5.20. The van der Waals surface area contributed by atoms with E-state index >= 15 is 0 Å². The van der Waals surface area contributed by atoms with Crippen molar-refractivity contribution in [2.75, 3.05) is 0 Å². The van der Waals surface area contributed by atoms with E-state index < -0.39 is 5.97 Å². The van der Waals surface area contributed by atoms with Crippen LogP contribution in [0.25, 0.3) is 0 Å². The lowest BCUT2D eigenvalue weighted by Crippen LogP contribution is -2.05.